The Bertz CT molecular complexity index is 1270. The predicted octanol–water partition coefficient (Wildman–Crippen LogP) is 0.180. The number of imidazole rings is 1. The Morgan fingerprint density at radius 3 is 2.15 bits per heavy atom. The Kier molecular flexibility index (Phi) is 8.29. The van der Waals surface area contributed by atoms with Gasteiger partial charge in [-0.05, 0) is 37.1 Å². The summed E-state index contributed by atoms with van der Waals surface area (Å²) in [5.41, 5.74) is 3.22. The molecule has 3 aromatic heterocycles. The van der Waals surface area contributed by atoms with Crippen molar-refractivity contribution in [1.29, 1.82) is 0 Å². The van der Waals surface area contributed by atoms with Crippen LogP contribution in [0, 0.1) is 10.2 Å². The highest BCUT2D eigenvalue weighted by molar-refractivity contribution is 6.06. The molecule has 0 unspecified atom stereocenters. The Labute approximate surface area is 199 Å². The number of para-hydroxylation sites is 1. The largest absolute Gasteiger partial charge is 0.478 e. The van der Waals surface area contributed by atoms with Crippen LogP contribution in [0.1, 0.15) is 49.9 Å². The second-order valence-corrected chi connectivity index (χ2v) is 8.68. The van der Waals surface area contributed by atoms with Crippen molar-refractivity contribution in [3.63, 3.8) is 0 Å². The summed E-state index contributed by atoms with van der Waals surface area (Å²) >= 11 is 0. The fraction of sp³-hybridized carbons (Fsp3) is 0.333. The molecule has 4 rings (SSSR count). The van der Waals surface area contributed by atoms with Crippen LogP contribution >= 0.6 is 0 Å². The highest BCUT2D eigenvalue weighted by Gasteiger charge is 2.28. The summed E-state index contributed by atoms with van der Waals surface area (Å²) in [7, 11) is -4.94. The van der Waals surface area contributed by atoms with E-state index in [-0.39, 0.29) is 0 Å². The minimum atomic E-state index is -4.94. The number of aromatic nitrogens is 2. The zero-order valence-electron chi connectivity index (χ0n) is 19.1. The minimum Gasteiger partial charge on any atom is -0.478 e. The molecule has 0 amide bonds. The first-order chi connectivity index (χ1) is 16.2. The Hall–Kier alpha value is -2.95. The number of unbranched alkanes of at least 4 members (excludes halogenated alkanes) is 2. The fourth-order valence-corrected chi connectivity index (χ4v) is 4.12. The third-order valence-corrected chi connectivity index (χ3v) is 5.57. The number of anilines is 1. The summed E-state index contributed by atoms with van der Waals surface area (Å²) in [6, 6.07) is 15.7. The lowest BCUT2D eigenvalue weighted by Crippen LogP contribution is -2.68. The molecule has 10 heteroatoms. The molecule has 0 radical (unpaired) electrons. The van der Waals surface area contributed by atoms with Gasteiger partial charge >= 0.3 is 11.9 Å². The van der Waals surface area contributed by atoms with Crippen LogP contribution in [0.5, 0.6) is 0 Å². The smallest absolute Gasteiger partial charge is 0.370 e. The molecule has 182 valence electrons. The van der Waals surface area contributed by atoms with Crippen molar-refractivity contribution >= 4 is 33.9 Å². The number of aromatic carboxylic acids is 1. The van der Waals surface area contributed by atoms with Gasteiger partial charge in [-0.1, -0.05) is 51.0 Å². The molecule has 0 bridgehead atoms. The summed E-state index contributed by atoms with van der Waals surface area (Å²) in [4.78, 5) is 14.4. The lowest BCUT2D eigenvalue weighted by atomic mass is 10.1. The molecule has 1 aromatic carbocycles. The van der Waals surface area contributed by atoms with Gasteiger partial charge in [-0.15, -0.1) is 10.2 Å². The van der Waals surface area contributed by atoms with E-state index in [0.717, 1.165) is 66.7 Å². The van der Waals surface area contributed by atoms with Gasteiger partial charge in [0.25, 0.3) is 0 Å². The number of benzene rings is 1. The second-order valence-electron chi connectivity index (χ2n) is 7.93. The van der Waals surface area contributed by atoms with Gasteiger partial charge in [0.1, 0.15) is 16.6 Å². The van der Waals surface area contributed by atoms with Crippen molar-refractivity contribution in [2.75, 3.05) is 18.0 Å². The van der Waals surface area contributed by atoms with Crippen molar-refractivity contribution in [3.8, 4) is 0 Å². The van der Waals surface area contributed by atoms with E-state index in [9.17, 15) is 9.90 Å². The monoisotopic (exact) mass is 489 g/mol. The molecule has 0 aliphatic rings. The maximum absolute atomic E-state index is 12.0. The van der Waals surface area contributed by atoms with Crippen LogP contribution in [0.4, 0.5) is 5.95 Å². The molecule has 0 aliphatic heterocycles. The zero-order valence-corrected chi connectivity index (χ0v) is 19.9. The van der Waals surface area contributed by atoms with Gasteiger partial charge in [0.2, 0.25) is 0 Å². The van der Waals surface area contributed by atoms with Crippen molar-refractivity contribution in [3.05, 3.63) is 60.3 Å². The summed E-state index contributed by atoms with van der Waals surface area (Å²) in [6.07, 6.45) is 6.60. The van der Waals surface area contributed by atoms with Crippen molar-refractivity contribution in [2.24, 2.45) is 0 Å². The summed E-state index contributed by atoms with van der Waals surface area (Å²) in [6.45, 7) is 6.39. The Morgan fingerprint density at radius 1 is 0.971 bits per heavy atom. The standard InChI is InChI=1S/C24H27N3O2.ClHO4/c1-3-5-14-25(15-6-4-2)24-26-16-10-9-13-21(26)22-17-19(23(28)29)18-11-7-8-12-20(18)27(22)24;2-1(3,4)5/h7-13,16-17H,3-6,14-15H2,1-2H3;(H,2,3,4,5). The number of carboxylic acids is 1. The van der Waals surface area contributed by atoms with Crippen LogP contribution in [0.15, 0.2) is 54.7 Å². The molecule has 0 aliphatic carbocycles. The average Bonchev–Trinajstić information content (AvgIpc) is 3.12. The quantitative estimate of drug-likeness (QED) is 0.348. The molecule has 9 nitrogen and oxygen atoms in total. The van der Waals surface area contributed by atoms with E-state index in [1.807, 2.05) is 42.5 Å². The molecule has 0 fully saturated rings. The lowest BCUT2D eigenvalue weighted by Gasteiger charge is -2.18. The molecule has 3 heterocycles. The normalized spacial score (nSPS) is 11.6. The minimum absolute atomic E-state index is 0.345. The van der Waals surface area contributed by atoms with Gasteiger partial charge in [-0.2, -0.15) is 4.40 Å². The number of carboxylic acid groups (broad SMARTS) is 1. The third kappa shape index (κ3) is 5.75. The van der Waals surface area contributed by atoms with Gasteiger partial charge < -0.3 is 5.11 Å². The molecule has 0 atom stereocenters. The van der Waals surface area contributed by atoms with Crippen LogP contribution in [0.2, 0.25) is 0 Å². The molecule has 0 saturated carbocycles. The molecule has 1 N–H and O–H groups in total. The molecule has 4 aromatic rings. The predicted molar refractivity (Wildman–Crippen MR) is 117 cm³/mol. The number of carbonyl (C=O) groups is 1. The van der Waals surface area contributed by atoms with E-state index in [2.05, 4.69) is 39.8 Å². The SMILES string of the molecule is CCCCN(CCCC)c1n2c3ccccc3c(C(=O)O)cc2c2cccc[n+]12.[O-][Cl+3]([O-])([O-])[O-]. The van der Waals surface area contributed by atoms with Crippen molar-refractivity contribution < 1.29 is 43.2 Å². The van der Waals surface area contributed by atoms with E-state index in [4.69, 9.17) is 18.6 Å². The first-order valence-electron chi connectivity index (χ1n) is 11.1. The van der Waals surface area contributed by atoms with Gasteiger partial charge in [-0.25, -0.2) is 27.8 Å². The summed E-state index contributed by atoms with van der Waals surface area (Å²) < 4.78 is 38.4. The van der Waals surface area contributed by atoms with E-state index < -0.39 is 16.2 Å². The number of fused-ring (bicyclic) bond motifs is 5. The number of hydrogen-bond acceptors (Lipinski definition) is 6. The number of nitrogens with zero attached hydrogens (tertiary/aromatic N) is 3. The van der Waals surface area contributed by atoms with Crippen LogP contribution in [-0.2, 0) is 0 Å². The average molecular weight is 490 g/mol. The lowest BCUT2D eigenvalue weighted by molar-refractivity contribution is -2.00. The van der Waals surface area contributed by atoms with E-state index in [1.165, 1.54) is 0 Å². The molecule has 0 saturated heterocycles. The van der Waals surface area contributed by atoms with Crippen LogP contribution < -0.4 is 27.9 Å². The molecular weight excluding hydrogens is 462 g/mol. The van der Waals surface area contributed by atoms with E-state index in [1.54, 1.807) is 0 Å². The molecule has 34 heavy (non-hydrogen) atoms. The fourth-order valence-electron chi connectivity index (χ4n) is 4.12. The van der Waals surface area contributed by atoms with Crippen LogP contribution in [0.3, 0.4) is 0 Å². The van der Waals surface area contributed by atoms with Gasteiger partial charge in [0.05, 0.1) is 24.8 Å². The Morgan fingerprint density at radius 2 is 1.56 bits per heavy atom. The van der Waals surface area contributed by atoms with Crippen LogP contribution in [-0.4, -0.2) is 28.6 Å². The van der Waals surface area contributed by atoms with E-state index >= 15 is 0 Å². The maximum atomic E-state index is 12.0. The highest BCUT2D eigenvalue weighted by Crippen LogP contribution is 2.29. The number of rotatable bonds is 8. The first kappa shape index (κ1) is 25.7. The maximum Gasteiger partial charge on any atom is 0.370 e. The summed E-state index contributed by atoms with van der Waals surface area (Å²) in [5, 5.41) is 10.6. The topological polar surface area (TPSA) is 141 Å². The summed E-state index contributed by atoms with van der Waals surface area (Å²) in [5.74, 6) is 0.208. The van der Waals surface area contributed by atoms with Gasteiger partial charge in [0, 0.05) is 5.39 Å². The molecule has 0 spiro atoms. The van der Waals surface area contributed by atoms with Gasteiger partial charge in [0.15, 0.2) is 0 Å². The van der Waals surface area contributed by atoms with E-state index in [0.29, 0.717) is 5.56 Å². The highest BCUT2D eigenvalue weighted by atomic mass is 35.7. The number of pyridine rings is 2. The Balaban J connectivity index is 0.000000588. The van der Waals surface area contributed by atoms with Crippen LogP contribution in [0.25, 0.3) is 21.9 Å². The molecular formula is C24H28ClN3O6. The third-order valence-electron chi connectivity index (χ3n) is 5.57. The van der Waals surface area contributed by atoms with Crippen molar-refractivity contribution in [2.45, 2.75) is 39.5 Å². The number of halogens is 1. The number of hydrogen-bond donors (Lipinski definition) is 1. The second kappa shape index (κ2) is 11.0. The van der Waals surface area contributed by atoms with Crippen molar-refractivity contribution in [1.82, 2.24) is 4.40 Å². The van der Waals surface area contributed by atoms with Gasteiger partial charge in [-0.3, -0.25) is 4.90 Å². The first-order valence-corrected chi connectivity index (χ1v) is 12.4. The zero-order chi connectivity index (χ0) is 24.9.